The second kappa shape index (κ2) is 5.87. The molecule has 0 bridgehead atoms. The standard InChI is InChI=1S/C22H19NO2/c1-22(16-10-4-2-5-11-16)18-14-8-9-15-19(18)23(21(25)20(22)24)17-12-6-3-7-13-17/h2-15,20,24H,1H3/t20-,22-/m0/s1. The number of benzene rings is 3. The predicted molar refractivity (Wildman–Crippen MR) is 98.9 cm³/mol. The van der Waals surface area contributed by atoms with E-state index in [-0.39, 0.29) is 5.91 Å². The highest BCUT2D eigenvalue weighted by Crippen LogP contribution is 2.47. The molecule has 1 N–H and O–H groups in total. The fraction of sp³-hybridized carbons (Fsp3) is 0.136. The summed E-state index contributed by atoms with van der Waals surface area (Å²) in [5.74, 6) is -0.309. The molecule has 1 amide bonds. The van der Waals surface area contributed by atoms with Gasteiger partial charge in [0.2, 0.25) is 0 Å². The average Bonchev–Trinajstić information content (AvgIpc) is 2.68. The summed E-state index contributed by atoms with van der Waals surface area (Å²) in [6.45, 7) is 1.94. The number of nitrogens with zero attached hydrogens (tertiary/aromatic N) is 1. The Morgan fingerprint density at radius 1 is 0.840 bits per heavy atom. The number of aliphatic hydroxyl groups excluding tert-OH is 1. The van der Waals surface area contributed by atoms with Crippen molar-refractivity contribution in [1.82, 2.24) is 0 Å². The van der Waals surface area contributed by atoms with E-state index in [0.717, 1.165) is 22.5 Å². The fourth-order valence-electron chi connectivity index (χ4n) is 3.68. The highest BCUT2D eigenvalue weighted by Gasteiger charge is 2.49. The molecule has 25 heavy (non-hydrogen) atoms. The van der Waals surface area contributed by atoms with E-state index in [9.17, 15) is 9.90 Å². The highest BCUT2D eigenvalue weighted by molar-refractivity contribution is 6.07. The summed E-state index contributed by atoms with van der Waals surface area (Å²) < 4.78 is 0. The Kier molecular flexibility index (Phi) is 3.66. The summed E-state index contributed by atoms with van der Waals surface area (Å²) in [4.78, 5) is 14.8. The molecule has 2 atom stereocenters. The number of para-hydroxylation sites is 2. The van der Waals surface area contributed by atoms with Gasteiger partial charge in [-0.2, -0.15) is 0 Å². The second-order valence-electron chi connectivity index (χ2n) is 6.50. The Hall–Kier alpha value is -2.91. The Balaban J connectivity index is 1.97. The van der Waals surface area contributed by atoms with Gasteiger partial charge in [0.25, 0.3) is 5.91 Å². The van der Waals surface area contributed by atoms with Crippen LogP contribution in [0.4, 0.5) is 11.4 Å². The van der Waals surface area contributed by atoms with Crippen LogP contribution in [0, 0.1) is 0 Å². The van der Waals surface area contributed by atoms with Gasteiger partial charge in [-0.25, -0.2) is 0 Å². The van der Waals surface area contributed by atoms with E-state index in [1.165, 1.54) is 0 Å². The molecule has 124 valence electrons. The zero-order chi connectivity index (χ0) is 17.4. The molecule has 1 aliphatic rings. The van der Waals surface area contributed by atoms with Gasteiger partial charge < -0.3 is 5.11 Å². The predicted octanol–water partition coefficient (Wildman–Crippen LogP) is 4.03. The maximum atomic E-state index is 13.2. The molecule has 3 heteroatoms. The lowest BCUT2D eigenvalue weighted by Gasteiger charge is -2.44. The van der Waals surface area contributed by atoms with E-state index in [4.69, 9.17) is 0 Å². The molecule has 0 saturated carbocycles. The van der Waals surface area contributed by atoms with Crippen molar-refractivity contribution >= 4 is 17.3 Å². The molecule has 3 aromatic carbocycles. The highest BCUT2D eigenvalue weighted by atomic mass is 16.3. The lowest BCUT2D eigenvalue weighted by atomic mass is 9.68. The third-order valence-electron chi connectivity index (χ3n) is 5.09. The van der Waals surface area contributed by atoms with Gasteiger partial charge in [-0.15, -0.1) is 0 Å². The summed E-state index contributed by atoms with van der Waals surface area (Å²) in [6, 6.07) is 27.0. The van der Waals surface area contributed by atoms with Crippen LogP contribution in [0.3, 0.4) is 0 Å². The minimum Gasteiger partial charge on any atom is -0.382 e. The van der Waals surface area contributed by atoms with Crippen molar-refractivity contribution in [3.63, 3.8) is 0 Å². The van der Waals surface area contributed by atoms with Gasteiger partial charge in [-0.1, -0.05) is 66.7 Å². The van der Waals surface area contributed by atoms with Crippen molar-refractivity contribution in [2.45, 2.75) is 18.4 Å². The van der Waals surface area contributed by atoms with Crippen molar-refractivity contribution in [2.75, 3.05) is 4.90 Å². The number of hydrogen-bond acceptors (Lipinski definition) is 2. The third-order valence-corrected chi connectivity index (χ3v) is 5.09. The van der Waals surface area contributed by atoms with Crippen LogP contribution in [0.25, 0.3) is 0 Å². The molecule has 0 aliphatic carbocycles. The molecule has 4 rings (SSSR count). The van der Waals surface area contributed by atoms with Crippen LogP contribution >= 0.6 is 0 Å². The molecule has 1 heterocycles. The number of carbonyl (C=O) groups is 1. The third kappa shape index (κ3) is 2.28. The van der Waals surface area contributed by atoms with Crippen LogP contribution in [-0.4, -0.2) is 17.1 Å². The van der Waals surface area contributed by atoms with E-state index in [0.29, 0.717) is 0 Å². The van der Waals surface area contributed by atoms with Crippen LogP contribution in [-0.2, 0) is 10.2 Å². The summed E-state index contributed by atoms with van der Waals surface area (Å²) in [5, 5.41) is 11.0. The Bertz CT molecular complexity index is 908. The van der Waals surface area contributed by atoms with Crippen molar-refractivity contribution in [3.05, 3.63) is 96.1 Å². The van der Waals surface area contributed by atoms with Crippen molar-refractivity contribution in [3.8, 4) is 0 Å². The number of anilines is 2. The summed E-state index contributed by atoms with van der Waals surface area (Å²) in [5.41, 5.74) is 2.65. The van der Waals surface area contributed by atoms with Crippen molar-refractivity contribution in [1.29, 1.82) is 0 Å². The Morgan fingerprint density at radius 2 is 1.40 bits per heavy atom. The lowest BCUT2D eigenvalue weighted by Crippen LogP contribution is -2.53. The molecule has 1 aliphatic heterocycles. The first kappa shape index (κ1) is 15.6. The van der Waals surface area contributed by atoms with Crippen LogP contribution < -0.4 is 4.90 Å². The smallest absolute Gasteiger partial charge is 0.261 e. The number of amides is 1. The maximum Gasteiger partial charge on any atom is 0.261 e. The first-order valence-electron chi connectivity index (χ1n) is 8.36. The molecule has 0 radical (unpaired) electrons. The van der Waals surface area contributed by atoms with Gasteiger partial charge in [0.1, 0.15) is 6.10 Å². The molecule has 3 aromatic rings. The number of fused-ring (bicyclic) bond motifs is 1. The van der Waals surface area contributed by atoms with E-state index in [1.54, 1.807) is 4.90 Å². The lowest BCUT2D eigenvalue weighted by molar-refractivity contribution is -0.129. The van der Waals surface area contributed by atoms with Gasteiger partial charge in [0, 0.05) is 5.69 Å². The Labute approximate surface area is 147 Å². The number of hydrogen-bond donors (Lipinski definition) is 1. The number of carbonyl (C=O) groups excluding carboxylic acids is 1. The topological polar surface area (TPSA) is 40.5 Å². The summed E-state index contributed by atoms with van der Waals surface area (Å²) in [6.07, 6.45) is -1.16. The molecule has 0 spiro atoms. The van der Waals surface area contributed by atoms with Crippen LogP contribution in [0.1, 0.15) is 18.1 Å². The number of rotatable bonds is 2. The first-order valence-corrected chi connectivity index (χ1v) is 8.36. The van der Waals surface area contributed by atoms with Crippen LogP contribution in [0.5, 0.6) is 0 Å². The Morgan fingerprint density at radius 3 is 2.08 bits per heavy atom. The second-order valence-corrected chi connectivity index (χ2v) is 6.50. The molecule has 0 aromatic heterocycles. The average molecular weight is 329 g/mol. The normalized spacial score (nSPS) is 22.6. The van der Waals surface area contributed by atoms with E-state index >= 15 is 0 Å². The summed E-state index contributed by atoms with van der Waals surface area (Å²) in [7, 11) is 0. The molecule has 0 saturated heterocycles. The quantitative estimate of drug-likeness (QED) is 0.771. The van der Waals surface area contributed by atoms with Gasteiger partial charge in [0.15, 0.2) is 0 Å². The van der Waals surface area contributed by atoms with Gasteiger partial charge in [0.05, 0.1) is 11.1 Å². The van der Waals surface area contributed by atoms with Crippen molar-refractivity contribution in [2.24, 2.45) is 0 Å². The largest absolute Gasteiger partial charge is 0.382 e. The van der Waals surface area contributed by atoms with E-state index in [1.807, 2.05) is 91.9 Å². The van der Waals surface area contributed by atoms with Crippen LogP contribution in [0.15, 0.2) is 84.9 Å². The first-order chi connectivity index (χ1) is 12.1. The van der Waals surface area contributed by atoms with Gasteiger partial charge in [-0.05, 0) is 36.2 Å². The molecule has 3 nitrogen and oxygen atoms in total. The fourth-order valence-corrected chi connectivity index (χ4v) is 3.68. The minimum absolute atomic E-state index is 0.309. The minimum atomic E-state index is -1.16. The zero-order valence-corrected chi connectivity index (χ0v) is 14.0. The number of aliphatic hydroxyl groups is 1. The molecule has 0 unspecified atom stereocenters. The molecule has 0 fully saturated rings. The monoisotopic (exact) mass is 329 g/mol. The van der Waals surface area contributed by atoms with Crippen molar-refractivity contribution < 1.29 is 9.90 Å². The van der Waals surface area contributed by atoms with Gasteiger partial charge in [-0.3, -0.25) is 9.69 Å². The summed E-state index contributed by atoms with van der Waals surface area (Å²) >= 11 is 0. The maximum absolute atomic E-state index is 13.2. The zero-order valence-electron chi connectivity index (χ0n) is 14.0. The van der Waals surface area contributed by atoms with E-state index in [2.05, 4.69) is 0 Å². The van der Waals surface area contributed by atoms with E-state index < -0.39 is 11.5 Å². The molecular weight excluding hydrogens is 310 g/mol. The van der Waals surface area contributed by atoms with Gasteiger partial charge >= 0.3 is 0 Å². The SMILES string of the molecule is C[C@]1(c2ccccc2)c2ccccc2N(c2ccccc2)C(=O)[C@@H]1O. The molecular formula is C22H19NO2. The van der Waals surface area contributed by atoms with Crippen LogP contribution in [0.2, 0.25) is 0 Å².